The Bertz CT molecular complexity index is 950. The van der Waals surface area contributed by atoms with Crippen LogP contribution in [-0.2, 0) is 16.1 Å². The molecule has 4 rings (SSSR count). The van der Waals surface area contributed by atoms with E-state index in [9.17, 15) is 14.7 Å². The zero-order chi connectivity index (χ0) is 22.7. The van der Waals surface area contributed by atoms with Crippen LogP contribution in [0.25, 0.3) is 11.3 Å². The molecule has 2 aliphatic rings. The number of carbonyl (C=O) groups is 2. The lowest BCUT2D eigenvalue weighted by molar-refractivity contribution is -0.143. The lowest BCUT2D eigenvalue weighted by Gasteiger charge is -2.33. The Kier molecular flexibility index (Phi) is 6.67. The fourth-order valence-corrected chi connectivity index (χ4v) is 4.30. The first kappa shape index (κ1) is 22.2. The summed E-state index contributed by atoms with van der Waals surface area (Å²) in [6, 6.07) is 7.71. The molecule has 0 aliphatic heterocycles. The van der Waals surface area contributed by atoms with Gasteiger partial charge < -0.3 is 24.0 Å². The average Bonchev–Trinajstić information content (AvgIpc) is 3.11. The number of rotatable bonds is 7. The van der Waals surface area contributed by atoms with Crippen molar-refractivity contribution in [2.45, 2.75) is 70.6 Å². The molecular weight excluding hydrogens is 412 g/mol. The first-order chi connectivity index (χ1) is 15.4. The number of carboxylic acid groups (broad SMARTS) is 1. The molecule has 0 spiro atoms. The normalized spacial score (nSPS) is 20.9. The van der Waals surface area contributed by atoms with E-state index in [0.717, 1.165) is 43.2 Å². The minimum Gasteiger partial charge on any atom is -0.490 e. The second kappa shape index (κ2) is 9.63. The molecule has 1 amide bonds. The number of aliphatic carboxylic acids is 1. The van der Waals surface area contributed by atoms with Crippen molar-refractivity contribution in [3.05, 3.63) is 35.5 Å². The second-order valence-corrected chi connectivity index (χ2v) is 8.79. The van der Waals surface area contributed by atoms with Gasteiger partial charge in [0.2, 0.25) is 0 Å². The van der Waals surface area contributed by atoms with Crippen molar-refractivity contribution in [1.29, 1.82) is 0 Å². The monoisotopic (exact) mass is 442 g/mol. The lowest BCUT2D eigenvalue weighted by atomic mass is 9.87. The molecule has 2 saturated carbocycles. The van der Waals surface area contributed by atoms with E-state index in [1.165, 1.54) is 0 Å². The van der Waals surface area contributed by atoms with E-state index in [2.05, 4.69) is 5.16 Å². The summed E-state index contributed by atoms with van der Waals surface area (Å²) in [6.07, 6.45) is 5.73. The predicted octanol–water partition coefficient (Wildman–Crippen LogP) is 4.79. The summed E-state index contributed by atoms with van der Waals surface area (Å²) in [5.41, 5.74) is 2.23. The fourth-order valence-electron chi connectivity index (χ4n) is 4.30. The summed E-state index contributed by atoms with van der Waals surface area (Å²) in [7, 11) is 1.78. The lowest BCUT2D eigenvalue weighted by Crippen LogP contribution is -2.41. The standard InChI is InChI=1S/C24H30N2O6/c1-15-21(14-30-24(29)26(2)18-6-4-7-18)22(32-25-15)16-9-11-19(12-10-16)31-20-8-3-5-17(13-20)23(27)28/h9-12,17-18,20H,3-8,13-14H2,1-2H3,(H,27,28)/t17-,20-/m0/s1. The van der Waals surface area contributed by atoms with Gasteiger partial charge in [0.15, 0.2) is 5.76 Å². The number of hydrogen-bond acceptors (Lipinski definition) is 6. The van der Waals surface area contributed by atoms with Crippen LogP contribution in [0, 0.1) is 12.8 Å². The maximum atomic E-state index is 12.3. The summed E-state index contributed by atoms with van der Waals surface area (Å²) < 4.78 is 17.1. The minimum atomic E-state index is -0.749. The molecular formula is C24H30N2O6. The number of carboxylic acids is 1. The number of aromatic nitrogens is 1. The highest BCUT2D eigenvalue weighted by atomic mass is 16.6. The van der Waals surface area contributed by atoms with Crippen LogP contribution in [0.15, 0.2) is 28.8 Å². The molecule has 2 atom stereocenters. The van der Waals surface area contributed by atoms with E-state index in [-0.39, 0.29) is 30.8 Å². The highest BCUT2D eigenvalue weighted by Crippen LogP contribution is 2.31. The van der Waals surface area contributed by atoms with Gasteiger partial charge in [-0.2, -0.15) is 0 Å². The molecule has 0 bridgehead atoms. The van der Waals surface area contributed by atoms with Crippen LogP contribution in [0.5, 0.6) is 5.75 Å². The van der Waals surface area contributed by atoms with E-state index < -0.39 is 5.97 Å². The molecule has 2 aromatic rings. The predicted molar refractivity (Wildman–Crippen MR) is 116 cm³/mol. The number of ether oxygens (including phenoxy) is 2. The number of amides is 1. The largest absolute Gasteiger partial charge is 0.490 e. The molecule has 0 radical (unpaired) electrons. The van der Waals surface area contributed by atoms with Crippen molar-refractivity contribution in [3.63, 3.8) is 0 Å². The highest BCUT2D eigenvalue weighted by Gasteiger charge is 2.29. The Morgan fingerprint density at radius 2 is 1.88 bits per heavy atom. The Labute approximate surface area is 187 Å². The maximum Gasteiger partial charge on any atom is 0.410 e. The van der Waals surface area contributed by atoms with Gasteiger partial charge in [-0.25, -0.2) is 4.79 Å². The van der Waals surface area contributed by atoms with Crippen molar-refractivity contribution >= 4 is 12.1 Å². The fraction of sp³-hybridized carbons (Fsp3) is 0.542. The molecule has 2 aliphatic carbocycles. The smallest absolute Gasteiger partial charge is 0.410 e. The Balaban J connectivity index is 1.39. The highest BCUT2D eigenvalue weighted by molar-refractivity contribution is 5.70. The van der Waals surface area contributed by atoms with Crippen molar-refractivity contribution in [2.75, 3.05) is 7.05 Å². The van der Waals surface area contributed by atoms with Gasteiger partial charge >= 0.3 is 12.1 Å². The van der Waals surface area contributed by atoms with Gasteiger partial charge in [0.05, 0.1) is 23.3 Å². The molecule has 1 aromatic heterocycles. The van der Waals surface area contributed by atoms with Gasteiger partial charge in [0.1, 0.15) is 12.4 Å². The van der Waals surface area contributed by atoms with Gasteiger partial charge in [-0.3, -0.25) is 4.79 Å². The van der Waals surface area contributed by atoms with Gasteiger partial charge in [-0.15, -0.1) is 0 Å². The number of nitrogens with zero attached hydrogens (tertiary/aromatic N) is 2. The zero-order valence-corrected chi connectivity index (χ0v) is 18.6. The van der Waals surface area contributed by atoms with Gasteiger partial charge in [-0.05, 0) is 76.1 Å². The molecule has 1 N–H and O–H groups in total. The van der Waals surface area contributed by atoms with Crippen LogP contribution in [0.3, 0.4) is 0 Å². The van der Waals surface area contributed by atoms with E-state index in [0.29, 0.717) is 30.0 Å². The first-order valence-electron chi connectivity index (χ1n) is 11.3. The summed E-state index contributed by atoms with van der Waals surface area (Å²) in [5.74, 6) is 0.174. The van der Waals surface area contributed by atoms with Gasteiger partial charge in [0, 0.05) is 18.7 Å². The zero-order valence-electron chi connectivity index (χ0n) is 18.6. The third kappa shape index (κ3) is 4.89. The topological polar surface area (TPSA) is 102 Å². The molecule has 2 fully saturated rings. The van der Waals surface area contributed by atoms with Gasteiger partial charge in [-0.1, -0.05) is 5.16 Å². The van der Waals surface area contributed by atoms with E-state index in [4.69, 9.17) is 14.0 Å². The molecule has 172 valence electrons. The summed E-state index contributed by atoms with van der Waals surface area (Å²) in [4.78, 5) is 25.3. The SMILES string of the molecule is Cc1noc(-c2ccc(O[C@H]3CCC[C@H](C(=O)O)C3)cc2)c1COC(=O)N(C)C1CCC1. The third-order valence-corrected chi connectivity index (χ3v) is 6.63. The van der Waals surface area contributed by atoms with Crippen molar-refractivity contribution < 1.29 is 28.7 Å². The Hall–Kier alpha value is -3.03. The summed E-state index contributed by atoms with van der Waals surface area (Å²) in [6.45, 7) is 1.92. The average molecular weight is 443 g/mol. The third-order valence-electron chi connectivity index (χ3n) is 6.63. The molecule has 32 heavy (non-hydrogen) atoms. The van der Waals surface area contributed by atoms with Crippen LogP contribution < -0.4 is 4.74 Å². The van der Waals surface area contributed by atoms with Gasteiger partial charge in [0.25, 0.3) is 0 Å². The summed E-state index contributed by atoms with van der Waals surface area (Å²) >= 11 is 0. The second-order valence-electron chi connectivity index (χ2n) is 8.79. The number of aryl methyl sites for hydroxylation is 1. The van der Waals surface area contributed by atoms with Crippen LogP contribution in [0.4, 0.5) is 4.79 Å². The van der Waals surface area contributed by atoms with Crippen molar-refractivity contribution in [1.82, 2.24) is 10.1 Å². The molecule has 0 unspecified atom stereocenters. The van der Waals surface area contributed by atoms with Crippen molar-refractivity contribution in [3.8, 4) is 17.1 Å². The first-order valence-corrected chi connectivity index (χ1v) is 11.3. The van der Waals surface area contributed by atoms with E-state index in [1.54, 1.807) is 11.9 Å². The molecule has 8 nitrogen and oxygen atoms in total. The molecule has 8 heteroatoms. The summed E-state index contributed by atoms with van der Waals surface area (Å²) in [5, 5.41) is 13.3. The quantitative estimate of drug-likeness (QED) is 0.657. The number of benzene rings is 1. The van der Waals surface area contributed by atoms with Crippen LogP contribution >= 0.6 is 0 Å². The van der Waals surface area contributed by atoms with Crippen LogP contribution in [-0.4, -0.2) is 46.4 Å². The van der Waals surface area contributed by atoms with Crippen molar-refractivity contribution in [2.24, 2.45) is 5.92 Å². The molecule has 1 aromatic carbocycles. The maximum absolute atomic E-state index is 12.3. The Morgan fingerprint density at radius 1 is 1.16 bits per heavy atom. The molecule has 0 saturated heterocycles. The van der Waals surface area contributed by atoms with E-state index in [1.807, 2.05) is 31.2 Å². The number of hydrogen-bond donors (Lipinski definition) is 1. The number of carbonyl (C=O) groups excluding carboxylic acids is 1. The van der Waals surface area contributed by atoms with Crippen LogP contribution in [0.2, 0.25) is 0 Å². The molecule has 1 heterocycles. The van der Waals surface area contributed by atoms with E-state index >= 15 is 0 Å². The minimum absolute atomic E-state index is 0.0918. The Morgan fingerprint density at radius 3 is 2.53 bits per heavy atom. The van der Waals surface area contributed by atoms with Crippen LogP contribution in [0.1, 0.15) is 56.2 Å².